The standard InChI is InChI=1S/C22H22FNO4/c1-14(25)17-7-3-4-8-18(17)22(27)24-11-5-6-16(13-24)21(26)15-9-10-20(28-2)19(23)12-15/h3-4,7-10,12,16H,5-6,11,13H2,1-2H3/t16-/m1/s1. The lowest BCUT2D eigenvalue weighted by molar-refractivity contribution is 0.0633. The van der Waals surface area contributed by atoms with E-state index in [2.05, 4.69) is 0 Å². The van der Waals surface area contributed by atoms with Crippen LogP contribution < -0.4 is 4.74 Å². The maximum absolute atomic E-state index is 14.0. The van der Waals surface area contributed by atoms with Crippen molar-refractivity contribution >= 4 is 17.5 Å². The summed E-state index contributed by atoms with van der Waals surface area (Å²) >= 11 is 0. The molecule has 0 saturated carbocycles. The third-order valence-corrected chi connectivity index (χ3v) is 5.05. The Kier molecular flexibility index (Phi) is 5.87. The van der Waals surface area contributed by atoms with Crippen molar-refractivity contribution in [2.75, 3.05) is 20.2 Å². The van der Waals surface area contributed by atoms with E-state index in [9.17, 15) is 18.8 Å². The van der Waals surface area contributed by atoms with Gasteiger partial charge in [-0.1, -0.05) is 18.2 Å². The second-order valence-electron chi connectivity index (χ2n) is 6.91. The van der Waals surface area contributed by atoms with Crippen LogP contribution in [0.15, 0.2) is 42.5 Å². The molecule has 3 rings (SSSR count). The number of piperidine rings is 1. The van der Waals surface area contributed by atoms with Crippen LogP contribution in [0, 0.1) is 11.7 Å². The van der Waals surface area contributed by atoms with Crippen molar-refractivity contribution in [1.29, 1.82) is 0 Å². The molecular weight excluding hydrogens is 361 g/mol. The fraction of sp³-hybridized carbons (Fsp3) is 0.318. The Morgan fingerprint density at radius 2 is 1.82 bits per heavy atom. The van der Waals surface area contributed by atoms with Gasteiger partial charge in [0.05, 0.1) is 12.7 Å². The molecule has 1 fully saturated rings. The highest BCUT2D eigenvalue weighted by Gasteiger charge is 2.30. The number of benzene rings is 2. The first-order chi connectivity index (χ1) is 13.4. The Hall–Kier alpha value is -3.02. The lowest BCUT2D eigenvalue weighted by Gasteiger charge is -2.32. The number of rotatable bonds is 5. The first kappa shape index (κ1) is 19.7. The number of hydrogen-bond acceptors (Lipinski definition) is 4. The predicted molar refractivity (Wildman–Crippen MR) is 102 cm³/mol. The average Bonchev–Trinajstić information content (AvgIpc) is 2.72. The minimum Gasteiger partial charge on any atom is -0.494 e. The number of likely N-dealkylation sites (tertiary alicyclic amines) is 1. The molecule has 2 aromatic carbocycles. The Labute approximate surface area is 163 Å². The Morgan fingerprint density at radius 3 is 2.46 bits per heavy atom. The van der Waals surface area contributed by atoms with Crippen LogP contribution in [-0.2, 0) is 0 Å². The highest BCUT2D eigenvalue weighted by molar-refractivity contribution is 6.07. The van der Waals surface area contributed by atoms with Crippen molar-refractivity contribution < 1.29 is 23.5 Å². The van der Waals surface area contributed by atoms with Gasteiger partial charge in [0, 0.05) is 30.1 Å². The van der Waals surface area contributed by atoms with E-state index >= 15 is 0 Å². The number of hydrogen-bond donors (Lipinski definition) is 0. The highest BCUT2D eigenvalue weighted by atomic mass is 19.1. The summed E-state index contributed by atoms with van der Waals surface area (Å²) in [6, 6.07) is 10.8. The molecule has 1 heterocycles. The summed E-state index contributed by atoms with van der Waals surface area (Å²) in [4.78, 5) is 39.2. The van der Waals surface area contributed by atoms with Gasteiger partial charge in [0.2, 0.25) is 0 Å². The second-order valence-corrected chi connectivity index (χ2v) is 6.91. The molecule has 1 saturated heterocycles. The lowest BCUT2D eigenvalue weighted by Crippen LogP contribution is -2.42. The van der Waals surface area contributed by atoms with Crippen LogP contribution in [0.3, 0.4) is 0 Å². The van der Waals surface area contributed by atoms with Crippen LogP contribution in [-0.4, -0.2) is 42.6 Å². The van der Waals surface area contributed by atoms with E-state index in [-0.39, 0.29) is 35.3 Å². The van der Waals surface area contributed by atoms with Gasteiger partial charge in [-0.25, -0.2) is 4.39 Å². The molecule has 0 N–H and O–H groups in total. The number of nitrogens with zero attached hydrogens (tertiary/aromatic N) is 1. The fourth-order valence-corrected chi connectivity index (χ4v) is 3.58. The molecule has 0 unspecified atom stereocenters. The van der Waals surface area contributed by atoms with E-state index in [4.69, 9.17) is 4.74 Å². The Morgan fingerprint density at radius 1 is 1.11 bits per heavy atom. The quantitative estimate of drug-likeness (QED) is 0.738. The van der Waals surface area contributed by atoms with Gasteiger partial charge in [0.25, 0.3) is 5.91 Å². The zero-order valence-corrected chi connectivity index (χ0v) is 15.9. The van der Waals surface area contributed by atoms with Crippen LogP contribution in [0.2, 0.25) is 0 Å². The third-order valence-electron chi connectivity index (χ3n) is 5.05. The summed E-state index contributed by atoms with van der Waals surface area (Å²) in [6.45, 7) is 2.19. The van der Waals surface area contributed by atoms with Gasteiger partial charge in [-0.3, -0.25) is 14.4 Å². The fourth-order valence-electron chi connectivity index (χ4n) is 3.58. The van der Waals surface area contributed by atoms with Crippen LogP contribution >= 0.6 is 0 Å². The van der Waals surface area contributed by atoms with Gasteiger partial charge < -0.3 is 9.64 Å². The topological polar surface area (TPSA) is 63.7 Å². The molecular formula is C22H22FNO4. The molecule has 0 bridgehead atoms. The van der Waals surface area contributed by atoms with Crippen molar-refractivity contribution in [3.63, 3.8) is 0 Å². The molecule has 6 heteroatoms. The van der Waals surface area contributed by atoms with Gasteiger partial charge in [-0.15, -0.1) is 0 Å². The molecule has 28 heavy (non-hydrogen) atoms. The zero-order chi connectivity index (χ0) is 20.3. The van der Waals surface area contributed by atoms with E-state index in [0.717, 1.165) is 0 Å². The number of carbonyl (C=O) groups is 3. The van der Waals surface area contributed by atoms with E-state index in [1.165, 1.54) is 32.2 Å². The van der Waals surface area contributed by atoms with Crippen LogP contribution in [0.1, 0.15) is 50.8 Å². The summed E-state index contributed by atoms with van der Waals surface area (Å²) in [5, 5.41) is 0. The Balaban J connectivity index is 1.79. The molecule has 1 aliphatic heterocycles. The highest BCUT2D eigenvalue weighted by Crippen LogP contribution is 2.25. The SMILES string of the molecule is COc1ccc(C(=O)[C@@H]2CCCN(C(=O)c3ccccc3C(C)=O)C2)cc1F. The van der Waals surface area contributed by atoms with E-state index in [1.807, 2.05) is 0 Å². The average molecular weight is 383 g/mol. The van der Waals surface area contributed by atoms with E-state index in [0.29, 0.717) is 30.5 Å². The monoisotopic (exact) mass is 383 g/mol. The molecule has 0 radical (unpaired) electrons. The number of methoxy groups -OCH3 is 1. The normalized spacial score (nSPS) is 16.5. The van der Waals surface area contributed by atoms with Crippen LogP contribution in [0.4, 0.5) is 4.39 Å². The summed E-state index contributed by atoms with van der Waals surface area (Å²) in [6.07, 6.45) is 1.30. The first-order valence-corrected chi connectivity index (χ1v) is 9.19. The van der Waals surface area contributed by atoms with Gasteiger partial charge in [-0.05, 0) is 44.0 Å². The summed E-state index contributed by atoms with van der Waals surface area (Å²) in [5.41, 5.74) is 0.985. The molecule has 1 amide bonds. The van der Waals surface area contributed by atoms with E-state index < -0.39 is 11.7 Å². The maximum atomic E-state index is 14.0. The molecule has 5 nitrogen and oxygen atoms in total. The summed E-state index contributed by atoms with van der Waals surface area (Å²) < 4.78 is 18.8. The number of amides is 1. The summed E-state index contributed by atoms with van der Waals surface area (Å²) in [5.74, 6) is -1.55. The number of ether oxygens (including phenoxy) is 1. The molecule has 0 aliphatic carbocycles. The molecule has 1 aliphatic rings. The van der Waals surface area contributed by atoms with Crippen LogP contribution in [0.5, 0.6) is 5.75 Å². The lowest BCUT2D eigenvalue weighted by atomic mass is 9.89. The van der Waals surface area contributed by atoms with Gasteiger partial charge in [-0.2, -0.15) is 0 Å². The number of ketones is 2. The van der Waals surface area contributed by atoms with Crippen molar-refractivity contribution in [2.24, 2.45) is 5.92 Å². The van der Waals surface area contributed by atoms with Crippen molar-refractivity contribution in [2.45, 2.75) is 19.8 Å². The Bertz CT molecular complexity index is 925. The molecule has 0 spiro atoms. The van der Waals surface area contributed by atoms with Crippen molar-refractivity contribution in [3.8, 4) is 5.75 Å². The molecule has 146 valence electrons. The van der Waals surface area contributed by atoms with Gasteiger partial charge in [0.1, 0.15) is 0 Å². The number of carbonyl (C=O) groups excluding carboxylic acids is 3. The molecule has 2 aromatic rings. The minimum absolute atomic E-state index is 0.0813. The van der Waals surface area contributed by atoms with Crippen molar-refractivity contribution in [3.05, 3.63) is 65.0 Å². The van der Waals surface area contributed by atoms with Crippen LogP contribution in [0.25, 0.3) is 0 Å². The minimum atomic E-state index is -0.590. The number of halogens is 1. The first-order valence-electron chi connectivity index (χ1n) is 9.19. The molecule has 1 atom stereocenters. The van der Waals surface area contributed by atoms with Gasteiger partial charge >= 0.3 is 0 Å². The largest absolute Gasteiger partial charge is 0.494 e. The third kappa shape index (κ3) is 3.96. The van der Waals surface area contributed by atoms with E-state index in [1.54, 1.807) is 29.2 Å². The zero-order valence-electron chi connectivity index (χ0n) is 15.9. The number of Topliss-reactive ketones (excluding diaryl/α,β-unsaturated/α-hetero) is 2. The smallest absolute Gasteiger partial charge is 0.254 e. The summed E-state index contributed by atoms with van der Waals surface area (Å²) in [7, 11) is 1.36. The van der Waals surface area contributed by atoms with Gasteiger partial charge in [0.15, 0.2) is 23.1 Å². The predicted octanol–water partition coefficient (Wildman–Crippen LogP) is 3.77. The second kappa shape index (κ2) is 8.33. The van der Waals surface area contributed by atoms with Crippen molar-refractivity contribution in [1.82, 2.24) is 4.90 Å². The maximum Gasteiger partial charge on any atom is 0.254 e. The molecule has 0 aromatic heterocycles.